The molecular weight excluding hydrogens is 305 g/mol. The van der Waals surface area contributed by atoms with Gasteiger partial charge in [-0.05, 0) is 33.1 Å². The average Bonchev–Trinajstić information content (AvgIpc) is 2.42. The maximum atomic E-state index is 13.9. The molecule has 0 fully saturated rings. The third kappa shape index (κ3) is 7.16. The highest BCUT2D eigenvalue weighted by molar-refractivity contribution is 7.55. The second kappa shape index (κ2) is 10.0. The minimum absolute atomic E-state index is 0.107. The molecule has 0 spiro atoms. The predicted molar refractivity (Wildman–Crippen MR) is 75.4 cm³/mol. The summed E-state index contributed by atoms with van der Waals surface area (Å²) >= 11 is 0. The molecule has 0 rings (SSSR count). The SMILES string of the molecule is C=CC(=O)OCCCCCC(F)(F)P(=O)(OCC)OCC. The maximum absolute atomic E-state index is 13.9. The van der Waals surface area contributed by atoms with Gasteiger partial charge in [-0.1, -0.05) is 6.58 Å². The molecular formula is C13H23F2O5P. The predicted octanol–water partition coefficient (Wildman–Crippen LogP) is 4.13. The molecule has 0 unspecified atom stereocenters. The zero-order valence-corrected chi connectivity index (χ0v) is 13.4. The van der Waals surface area contributed by atoms with Crippen molar-refractivity contribution in [3.63, 3.8) is 0 Å². The van der Waals surface area contributed by atoms with Gasteiger partial charge < -0.3 is 13.8 Å². The van der Waals surface area contributed by atoms with E-state index in [0.29, 0.717) is 12.8 Å². The minimum atomic E-state index is -4.43. The Morgan fingerprint density at radius 3 is 2.24 bits per heavy atom. The largest absolute Gasteiger partial charge is 0.463 e. The van der Waals surface area contributed by atoms with Gasteiger partial charge in [0.2, 0.25) is 0 Å². The molecule has 0 bridgehead atoms. The van der Waals surface area contributed by atoms with Crippen molar-refractivity contribution in [3.05, 3.63) is 12.7 Å². The highest BCUT2D eigenvalue weighted by Gasteiger charge is 2.52. The first kappa shape index (κ1) is 20.2. The van der Waals surface area contributed by atoms with Gasteiger partial charge in [-0.3, -0.25) is 4.57 Å². The molecule has 0 aromatic heterocycles. The fourth-order valence-corrected chi connectivity index (χ4v) is 3.12. The fraction of sp³-hybridized carbons (Fsp3) is 0.769. The van der Waals surface area contributed by atoms with Crippen molar-refractivity contribution < 1.29 is 31.9 Å². The van der Waals surface area contributed by atoms with Crippen molar-refractivity contribution in [1.82, 2.24) is 0 Å². The van der Waals surface area contributed by atoms with E-state index in [0.717, 1.165) is 6.08 Å². The molecule has 0 amide bonds. The summed E-state index contributed by atoms with van der Waals surface area (Å²) < 4.78 is 53.9. The smallest absolute Gasteiger partial charge is 0.399 e. The van der Waals surface area contributed by atoms with Gasteiger partial charge in [0, 0.05) is 12.5 Å². The number of carbonyl (C=O) groups excluding carboxylic acids is 1. The lowest BCUT2D eigenvalue weighted by Crippen LogP contribution is -2.20. The summed E-state index contributed by atoms with van der Waals surface area (Å²) in [6.45, 7) is 6.13. The third-order valence-corrected chi connectivity index (χ3v) is 4.75. The van der Waals surface area contributed by atoms with Crippen LogP contribution >= 0.6 is 7.60 Å². The maximum Gasteiger partial charge on any atom is 0.399 e. The van der Waals surface area contributed by atoms with Gasteiger partial charge in [-0.15, -0.1) is 0 Å². The van der Waals surface area contributed by atoms with E-state index in [4.69, 9.17) is 4.74 Å². The number of esters is 1. The number of hydrogen-bond acceptors (Lipinski definition) is 5. The van der Waals surface area contributed by atoms with E-state index in [1.165, 1.54) is 13.8 Å². The summed E-state index contributed by atoms with van der Waals surface area (Å²) in [5.41, 5.74) is -3.52. The Balaban J connectivity index is 4.18. The van der Waals surface area contributed by atoms with Gasteiger partial charge in [0.25, 0.3) is 0 Å². The van der Waals surface area contributed by atoms with Crippen LogP contribution in [0.3, 0.4) is 0 Å². The molecule has 0 aliphatic rings. The van der Waals surface area contributed by atoms with Crippen LogP contribution < -0.4 is 0 Å². The lowest BCUT2D eigenvalue weighted by atomic mass is 10.2. The Morgan fingerprint density at radius 1 is 1.19 bits per heavy atom. The summed E-state index contributed by atoms with van der Waals surface area (Å²) in [7, 11) is -4.43. The molecule has 0 N–H and O–H groups in total. The number of ether oxygens (including phenoxy) is 1. The minimum Gasteiger partial charge on any atom is -0.463 e. The number of rotatable bonds is 12. The topological polar surface area (TPSA) is 61.8 Å². The second-order valence-corrected chi connectivity index (χ2v) is 6.35. The zero-order valence-electron chi connectivity index (χ0n) is 12.5. The summed E-state index contributed by atoms with van der Waals surface area (Å²) in [6.07, 6.45) is 1.43. The van der Waals surface area contributed by atoms with E-state index in [-0.39, 0.29) is 26.2 Å². The molecule has 0 aromatic carbocycles. The van der Waals surface area contributed by atoms with Gasteiger partial charge in [-0.25, -0.2) is 4.79 Å². The van der Waals surface area contributed by atoms with Crippen LogP contribution in [0.5, 0.6) is 0 Å². The zero-order chi connectivity index (χ0) is 16.4. The fourth-order valence-electron chi connectivity index (χ4n) is 1.55. The van der Waals surface area contributed by atoms with E-state index in [9.17, 15) is 18.1 Å². The highest BCUT2D eigenvalue weighted by atomic mass is 31.2. The van der Waals surface area contributed by atoms with Gasteiger partial charge in [0.15, 0.2) is 0 Å². The normalized spacial score (nSPS) is 12.2. The molecule has 0 aromatic rings. The van der Waals surface area contributed by atoms with Crippen molar-refractivity contribution in [2.45, 2.75) is 45.2 Å². The number of alkyl halides is 2. The summed E-state index contributed by atoms with van der Waals surface area (Å²) in [6, 6.07) is 0. The lowest BCUT2D eigenvalue weighted by Gasteiger charge is -2.25. The van der Waals surface area contributed by atoms with Crippen LogP contribution in [0.2, 0.25) is 0 Å². The first-order valence-electron chi connectivity index (χ1n) is 6.89. The van der Waals surface area contributed by atoms with Gasteiger partial charge in [0.1, 0.15) is 0 Å². The van der Waals surface area contributed by atoms with E-state index < -0.39 is 25.6 Å². The Hall–Kier alpha value is -0.780. The van der Waals surface area contributed by atoms with Crippen LogP contribution in [0.1, 0.15) is 39.5 Å². The molecule has 0 saturated heterocycles. The van der Waals surface area contributed by atoms with E-state index >= 15 is 0 Å². The van der Waals surface area contributed by atoms with Gasteiger partial charge >= 0.3 is 19.2 Å². The molecule has 8 heteroatoms. The monoisotopic (exact) mass is 328 g/mol. The van der Waals surface area contributed by atoms with Crippen molar-refractivity contribution >= 4 is 13.6 Å². The molecule has 124 valence electrons. The van der Waals surface area contributed by atoms with Crippen LogP contribution in [0.4, 0.5) is 8.78 Å². The molecule has 0 aliphatic heterocycles. The van der Waals surface area contributed by atoms with Crippen molar-refractivity contribution in [2.24, 2.45) is 0 Å². The van der Waals surface area contributed by atoms with Crippen LogP contribution in [0, 0.1) is 0 Å². The van der Waals surface area contributed by atoms with Crippen molar-refractivity contribution in [2.75, 3.05) is 19.8 Å². The van der Waals surface area contributed by atoms with Crippen LogP contribution in [-0.4, -0.2) is 31.5 Å². The molecule has 0 saturated carbocycles. The van der Waals surface area contributed by atoms with Crippen molar-refractivity contribution in [1.29, 1.82) is 0 Å². The van der Waals surface area contributed by atoms with Crippen molar-refractivity contribution in [3.8, 4) is 0 Å². The number of hydrogen-bond donors (Lipinski definition) is 0. The number of halogens is 2. The average molecular weight is 328 g/mol. The standard InChI is InChI=1S/C13H23F2O5P/c1-4-12(16)18-11-9-7-8-10-13(14,15)21(17,19-5-2)20-6-3/h4H,1,5-11H2,2-3H3. The van der Waals surface area contributed by atoms with E-state index in [1.807, 2.05) is 0 Å². The Kier molecular flexibility index (Phi) is 9.66. The summed E-state index contributed by atoms with van der Waals surface area (Å²) in [5.74, 6) is -0.544. The molecule has 0 aliphatic carbocycles. The highest BCUT2D eigenvalue weighted by Crippen LogP contribution is 2.63. The second-order valence-electron chi connectivity index (χ2n) is 4.18. The molecule has 0 radical (unpaired) electrons. The quantitative estimate of drug-likeness (QED) is 0.233. The lowest BCUT2D eigenvalue weighted by molar-refractivity contribution is -0.137. The first-order chi connectivity index (χ1) is 9.83. The first-order valence-corrected chi connectivity index (χ1v) is 8.43. The van der Waals surface area contributed by atoms with Crippen LogP contribution in [-0.2, 0) is 23.1 Å². The van der Waals surface area contributed by atoms with E-state index in [2.05, 4.69) is 15.6 Å². The van der Waals surface area contributed by atoms with E-state index in [1.54, 1.807) is 0 Å². The molecule has 5 nitrogen and oxygen atoms in total. The number of unbranched alkanes of at least 4 members (excludes halogenated alkanes) is 2. The van der Waals surface area contributed by atoms with Crippen LogP contribution in [0.25, 0.3) is 0 Å². The van der Waals surface area contributed by atoms with Gasteiger partial charge in [0.05, 0.1) is 19.8 Å². The summed E-state index contributed by atoms with van der Waals surface area (Å²) in [4.78, 5) is 10.7. The Labute approximate surface area is 124 Å². The Morgan fingerprint density at radius 2 is 1.76 bits per heavy atom. The molecule has 21 heavy (non-hydrogen) atoms. The Bertz CT molecular complexity index is 364. The molecule has 0 atom stereocenters. The van der Waals surface area contributed by atoms with Gasteiger partial charge in [-0.2, -0.15) is 8.78 Å². The molecule has 0 heterocycles. The summed E-state index contributed by atoms with van der Waals surface area (Å²) in [5, 5.41) is 0. The number of carbonyl (C=O) groups is 1. The van der Waals surface area contributed by atoms with Crippen LogP contribution in [0.15, 0.2) is 12.7 Å². The third-order valence-electron chi connectivity index (χ3n) is 2.53.